The van der Waals surface area contributed by atoms with E-state index in [4.69, 9.17) is 5.73 Å². The molecule has 0 aromatic rings. The standard InChI is InChI=1S/C8H20N2S/c1-3-8(9)7-11-6-4-5-10-2/h8,10H,3-7,9H2,1-2H3. The van der Waals surface area contributed by atoms with Crippen molar-refractivity contribution in [2.75, 3.05) is 25.1 Å². The van der Waals surface area contributed by atoms with Gasteiger partial charge in [-0.05, 0) is 32.2 Å². The Hall–Kier alpha value is 0.270. The van der Waals surface area contributed by atoms with Crippen LogP contribution in [-0.4, -0.2) is 31.1 Å². The fourth-order valence-corrected chi connectivity index (χ4v) is 1.76. The van der Waals surface area contributed by atoms with Gasteiger partial charge in [-0.15, -0.1) is 0 Å². The molecule has 0 amide bonds. The summed E-state index contributed by atoms with van der Waals surface area (Å²) in [6.45, 7) is 3.26. The second-order valence-corrected chi connectivity index (χ2v) is 3.85. The maximum absolute atomic E-state index is 5.75. The second kappa shape index (κ2) is 8.37. The number of nitrogens with two attached hydrogens (primary N) is 1. The summed E-state index contributed by atoms with van der Waals surface area (Å²) in [5, 5.41) is 3.13. The minimum Gasteiger partial charge on any atom is -0.327 e. The summed E-state index contributed by atoms with van der Waals surface area (Å²) in [5.41, 5.74) is 5.75. The molecule has 0 saturated heterocycles. The molecule has 3 N–H and O–H groups in total. The normalized spacial score (nSPS) is 13.4. The molecule has 0 rings (SSSR count). The van der Waals surface area contributed by atoms with E-state index >= 15 is 0 Å². The van der Waals surface area contributed by atoms with E-state index in [1.165, 1.54) is 12.2 Å². The van der Waals surface area contributed by atoms with Crippen molar-refractivity contribution in [1.82, 2.24) is 5.32 Å². The predicted molar refractivity (Wildman–Crippen MR) is 54.1 cm³/mol. The van der Waals surface area contributed by atoms with E-state index in [0.29, 0.717) is 6.04 Å². The first kappa shape index (κ1) is 11.3. The van der Waals surface area contributed by atoms with Crippen LogP contribution in [0.5, 0.6) is 0 Å². The van der Waals surface area contributed by atoms with Gasteiger partial charge in [0.2, 0.25) is 0 Å². The zero-order valence-corrected chi connectivity index (χ0v) is 8.41. The quantitative estimate of drug-likeness (QED) is 0.570. The van der Waals surface area contributed by atoms with Crippen molar-refractivity contribution in [3.8, 4) is 0 Å². The molecule has 0 aliphatic rings. The fourth-order valence-electron chi connectivity index (χ4n) is 0.704. The minimum atomic E-state index is 0.398. The van der Waals surface area contributed by atoms with Gasteiger partial charge in [0.1, 0.15) is 0 Å². The van der Waals surface area contributed by atoms with Gasteiger partial charge >= 0.3 is 0 Å². The Morgan fingerprint density at radius 3 is 2.82 bits per heavy atom. The van der Waals surface area contributed by atoms with Crippen molar-refractivity contribution >= 4 is 11.8 Å². The first-order valence-corrected chi connectivity index (χ1v) is 5.44. The monoisotopic (exact) mass is 176 g/mol. The number of hydrogen-bond donors (Lipinski definition) is 2. The van der Waals surface area contributed by atoms with Gasteiger partial charge in [0, 0.05) is 11.8 Å². The van der Waals surface area contributed by atoms with Crippen LogP contribution in [0, 0.1) is 0 Å². The third kappa shape index (κ3) is 8.17. The first-order chi connectivity index (χ1) is 5.31. The second-order valence-electron chi connectivity index (χ2n) is 2.70. The Bertz CT molecular complexity index is 78.5. The zero-order chi connectivity index (χ0) is 8.53. The van der Waals surface area contributed by atoms with Crippen molar-refractivity contribution < 1.29 is 0 Å². The molecular weight excluding hydrogens is 156 g/mol. The summed E-state index contributed by atoms with van der Waals surface area (Å²) in [6, 6.07) is 0.398. The van der Waals surface area contributed by atoms with Gasteiger partial charge in [-0.25, -0.2) is 0 Å². The SMILES string of the molecule is CCC(N)CSCCCNC. The molecule has 2 nitrogen and oxygen atoms in total. The van der Waals surface area contributed by atoms with Crippen LogP contribution in [0.3, 0.4) is 0 Å². The van der Waals surface area contributed by atoms with Crippen molar-refractivity contribution in [1.29, 1.82) is 0 Å². The molecule has 0 aliphatic carbocycles. The highest BCUT2D eigenvalue weighted by Crippen LogP contribution is 2.04. The summed E-state index contributed by atoms with van der Waals surface area (Å²) in [4.78, 5) is 0. The molecule has 68 valence electrons. The van der Waals surface area contributed by atoms with E-state index in [2.05, 4.69) is 12.2 Å². The molecule has 0 spiro atoms. The average molecular weight is 176 g/mol. The van der Waals surface area contributed by atoms with Gasteiger partial charge in [-0.3, -0.25) is 0 Å². The number of rotatable bonds is 7. The first-order valence-electron chi connectivity index (χ1n) is 4.29. The summed E-state index contributed by atoms with van der Waals surface area (Å²) < 4.78 is 0. The summed E-state index contributed by atoms with van der Waals surface area (Å²) in [6.07, 6.45) is 2.34. The van der Waals surface area contributed by atoms with Crippen LogP contribution in [0.2, 0.25) is 0 Å². The molecule has 0 aromatic carbocycles. The lowest BCUT2D eigenvalue weighted by molar-refractivity contribution is 0.723. The van der Waals surface area contributed by atoms with Gasteiger partial charge in [0.25, 0.3) is 0 Å². The van der Waals surface area contributed by atoms with Crippen molar-refractivity contribution in [2.24, 2.45) is 5.73 Å². The van der Waals surface area contributed by atoms with E-state index in [-0.39, 0.29) is 0 Å². The molecule has 0 bridgehead atoms. The van der Waals surface area contributed by atoms with Gasteiger partial charge in [0.05, 0.1) is 0 Å². The van der Waals surface area contributed by atoms with E-state index in [1.807, 2.05) is 18.8 Å². The van der Waals surface area contributed by atoms with Crippen LogP contribution in [0.1, 0.15) is 19.8 Å². The summed E-state index contributed by atoms with van der Waals surface area (Å²) >= 11 is 1.96. The summed E-state index contributed by atoms with van der Waals surface area (Å²) in [7, 11) is 1.99. The van der Waals surface area contributed by atoms with E-state index in [9.17, 15) is 0 Å². The number of hydrogen-bond acceptors (Lipinski definition) is 3. The Morgan fingerprint density at radius 1 is 1.55 bits per heavy atom. The predicted octanol–water partition coefficient (Wildman–Crippen LogP) is 1.07. The third-order valence-electron chi connectivity index (χ3n) is 1.57. The molecule has 11 heavy (non-hydrogen) atoms. The molecule has 0 fully saturated rings. The Labute approximate surface area is 74.3 Å². The summed E-state index contributed by atoms with van der Waals surface area (Å²) in [5.74, 6) is 2.34. The van der Waals surface area contributed by atoms with E-state index in [1.54, 1.807) is 0 Å². The fraction of sp³-hybridized carbons (Fsp3) is 1.00. The Morgan fingerprint density at radius 2 is 2.27 bits per heavy atom. The van der Waals surface area contributed by atoms with Gasteiger partial charge < -0.3 is 11.1 Å². The largest absolute Gasteiger partial charge is 0.327 e. The van der Waals surface area contributed by atoms with Crippen LogP contribution >= 0.6 is 11.8 Å². The highest BCUT2D eigenvalue weighted by atomic mass is 32.2. The molecule has 0 heterocycles. The third-order valence-corrected chi connectivity index (χ3v) is 2.81. The lowest BCUT2D eigenvalue weighted by Gasteiger charge is -2.07. The van der Waals surface area contributed by atoms with E-state index < -0.39 is 0 Å². The lowest BCUT2D eigenvalue weighted by atomic mass is 10.3. The topological polar surface area (TPSA) is 38.0 Å². The number of thioether (sulfide) groups is 1. The van der Waals surface area contributed by atoms with Gasteiger partial charge in [-0.1, -0.05) is 6.92 Å². The van der Waals surface area contributed by atoms with E-state index in [0.717, 1.165) is 18.7 Å². The highest BCUT2D eigenvalue weighted by molar-refractivity contribution is 7.99. The molecule has 0 aliphatic heterocycles. The molecule has 0 aromatic heterocycles. The average Bonchev–Trinajstić information content (AvgIpc) is 2.04. The van der Waals surface area contributed by atoms with Crippen LogP contribution in [0.15, 0.2) is 0 Å². The molecule has 0 radical (unpaired) electrons. The molecule has 0 saturated carbocycles. The molecule has 3 heteroatoms. The van der Waals surface area contributed by atoms with Crippen molar-refractivity contribution in [3.05, 3.63) is 0 Å². The molecule has 1 unspecified atom stereocenters. The smallest absolute Gasteiger partial charge is 0.0127 e. The molecular formula is C8H20N2S. The Kier molecular flexibility index (Phi) is 8.57. The Balaban J connectivity index is 2.89. The van der Waals surface area contributed by atoms with Crippen LogP contribution in [0.25, 0.3) is 0 Å². The van der Waals surface area contributed by atoms with Crippen LogP contribution < -0.4 is 11.1 Å². The maximum Gasteiger partial charge on any atom is 0.0127 e. The highest BCUT2D eigenvalue weighted by Gasteiger charge is 1.97. The number of nitrogens with one attached hydrogen (secondary N) is 1. The minimum absolute atomic E-state index is 0.398. The van der Waals surface area contributed by atoms with Gasteiger partial charge in [-0.2, -0.15) is 11.8 Å². The van der Waals surface area contributed by atoms with Crippen molar-refractivity contribution in [3.63, 3.8) is 0 Å². The van der Waals surface area contributed by atoms with Crippen LogP contribution in [0.4, 0.5) is 0 Å². The van der Waals surface area contributed by atoms with Gasteiger partial charge in [0.15, 0.2) is 0 Å². The lowest BCUT2D eigenvalue weighted by Crippen LogP contribution is -2.21. The zero-order valence-electron chi connectivity index (χ0n) is 7.60. The van der Waals surface area contributed by atoms with Crippen molar-refractivity contribution in [2.45, 2.75) is 25.8 Å². The maximum atomic E-state index is 5.75. The molecule has 1 atom stereocenters. The van der Waals surface area contributed by atoms with Crippen LogP contribution in [-0.2, 0) is 0 Å².